The molecule has 4 nitrogen and oxygen atoms in total. The van der Waals surface area contributed by atoms with Crippen molar-refractivity contribution in [2.45, 2.75) is 39.3 Å². The first kappa shape index (κ1) is 12.8. The summed E-state index contributed by atoms with van der Waals surface area (Å²) in [4.78, 5) is 16.1. The normalized spacial score (nSPS) is 17.1. The predicted molar refractivity (Wildman–Crippen MR) is 71.1 cm³/mol. The lowest BCUT2D eigenvalue weighted by molar-refractivity contribution is 0.433. The van der Waals surface area contributed by atoms with Crippen LogP contribution in [0.15, 0.2) is 15.6 Å². The molecule has 0 aromatic carbocycles. The molecule has 1 heterocycles. The van der Waals surface area contributed by atoms with Crippen LogP contribution < -0.4 is 10.9 Å². The number of rotatable bonds is 5. The third-order valence-electron chi connectivity index (χ3n) is 3.00. The molecule has 17 heavy (non-hydrogen) atoms. The van der Waals surface area contributed by atoms with Crippen molar-refractivity contribution in [2.75, 3.05) is 6.54 Å². The van der Waals surface area contributed by atoms with Crippen molar-refractivity contribution in [2.24, 2.45) is 5.92 Å². The van der Waals surface area contributed by atoms with Crippen molar-refractivity contribution >= 4 is 15.9 Å². The molecular weight excluding hydrogens is 282 g/mol. The molecular formula is C12H18BrN3O. The zero-order valence-corrected chi connectivity index (χ0v) is 11.8. The molecule has 0 bridgehead atoms. The lowest BCUT2D eigenvalue weighted by Crippen LogP contribution is -2.30. The summed E-state index contributed by atoms with van der Waals surface area (Å²) in [5.41, 5.74) is 0.755. The smallest absolute Gasteiger partial charge is 0.267 e. The van der Waals surface area contributed by atoms with Crippen LogP contribution in [-0.4, -0.2) is 22.1 Å². The highest BCUT2D eigenvalue weighted by molar-refractivity contribution is 9.10. The van der Waals surface area contributed by atoms with Gasteiger partial charge in [0.15, 0.2) is 0 Å². The predicted octanol–water partition coefficient (Wildman–Crippen LogP) is 1.70. The Labute approximate surface area is 110 Å². The maximum absolute atomic E-state index is 11.9. The Bertz CT molecular complexity index is 454. The van der Waals surface area contributed by atoms with Gasteiger partial charge in [0.1, 0.15) is 4.47 Å². The first-order valence-corrected chi connectivity index (χ1v) is 6.82. The first-order valence-electron chi connectivity index (χ1n) is 6.03. The van der Waals surface area contributed by atoms with E-state index in [0.717, 1.165) is 18.3 Å². The summed E-state index contributed by atoms with van der Waals surface area (Å²) in [6.45, 7) is 5.65. The van der Waals surface area contributed by atoms with Crippen LogP contribution in [0.25, 0.3) is 0 Å². The van der Waals surface area contributed by atoms with Crippen LogP contribution in [0.1, 0.15) is 25.5 Å². The van der Waals surface area contributed by atoms with Gasteiger partial charge in [-0.15, -0.1) is 0 Å². The van der Waals surface area contributed by atoms with Gasteiger partial charge in [0.2, 0.25) is 0 Å². The fourth-order valence-corrected chi connectivity index (χ4v) is 2.06. The topological polar surface area (TPSA) is 46.9 Å². The van der Waals surface area contributed by atoms with Crippen LogP contribution in [0, 0.1) is 12.8 Å². The van der Waals surface area contributed by atoms with Crippen molar-refractivity contribution in [1.82, 2.24) is 14.9 Å². The first-order chi connectivity index (χ1) is 8.08. The lowest BCUT2D eigenvalue weighted by atomic mass is 10.2. The van der Waals surface area contributed by atoms with Gasteiger partial charge in [0, 0.05) is 12.6 Å². The summed E-state index contributed by atoms with van der Waals surface area (Å²) < 4.78 is 2.25. The van der Waals surface area contributed by atoms with Gasteiger partial charge in [0.25, 0.3) is 5.56 Å². The molecule has 1 fully saturated rings. The Morgan fingerprint density at radius 1 is 1.65 bits per heavy atom. The van der Waals surface area contributed by atoms with Crippen molar-refractivity contribution in [3.05, 3.63) is 26.8 Å². The molecule has 0 amide bonds. The number of hydrogen-bond acceptors (Lipinski definition) is 3. The summed E-state index contributed by atoms with van der Waals surface area (Å²) in [6, 6.07) is 0.719. The summed E-state index contributed by atoms with van der Waals surface area (Å²) >= 11 is 3.28. The zero-order valence-electron chi connectivity index (χ0n) is 10.2. The molecule has 1 aromatic heterocycles. The minimum atomic E-state index is 0.00997. The zero-order chi connectivity index (χ0) is 12.4. The molecule has 1 aliphatic carbocycles. The van der Waals surface area contributed by atoms with Gasteiger partial charge in [-0.3, -0.25) is 9.36 Å². The summed E-state index contributed by atoms with van der Waals surface area (Å²) in [6.07, 6.45) is 4.23. The fourth-order valence-electron chi connectivity index (χ4n) is 1.73. The lowest BCUT2D eigenvalue weighted by Gasteiger charge is -2.14. The number of hydrogen-bond donors (Lipinski definition) is 1. The van der Waals surface area contributed by atoms with Crippen molar-refractivity contribution in [3.63, 3.8) is 0 Å². The Morgan fingerprint density at radius 3 is 3.00 bits per heavy atom. The van der Waals surface area contributed by atoms with Crippen molar-refractivity contribution < 1.29 is 0 Å². The van der Waals surface area contributed by atoms with Crippen molar-refractivity contribution in [1.29, 1.82) is 0 Å². The molecule has 0 radical (unpaired) electrons. The molecule has 5 heteroatoms. The quantitative estimate of drug-likeness (QED) is 0.900. The van der Waals surface area contributed by atoms with Gasteiger partial charge < -0.3 is 5.32 Å². The SMILES string of the molecule is Cc1ncn(CC(C)CNC2CC2)c(=O)c1Br. The number of aryl methyl sites for hydroxylation is 1. The highest BCUT2D eigenvalue weighted by Crippen LogP contribution is 2.18. The van der Waals surface area contributed by atoms with E-state index in [1.807, 2.05) is 6.92 Å². The molecule has 0 aliphatic heterocycles. The molecule has 1 atom stereocenters. The second kappa shape index (κ2) is 5.31. The number of aromatic nitrogens is 2. The molecule has 94 valence electrons. The average Bonchev–Trinajstić information content (AvgIpc) is 3.11. The summed E-state index contributed by atoms with van der Waals surface area (Å²) in [7, 11) is 0. The molecule has 1 N–H and O–H groups in total. The molecule has 0 spiro atoms. The highest BCUT2D eigenvalue weighted by atomic mass is 79.9. The third kappa shape index (κ3) is 3.39. The van der Waals surface area contributed by atoms with E-state index in [9.17, 15) is 4.79 Å². The van der Waals surface area contributed by atoms with Crippen LogP contribution in [-0.2, 0) is 6.54 Å². The van der Waals surface area contributed by atoms with Crippen LogP contribution in [0.2, 0.25) is 0 Å². The van der Waals surface area contributed by atoms with E-state index in [-0.39, 0.29) is 5.56 Å². The number of halogens is 1. The Hall–Kier alpha value is -0.680. The van der Waals surface area contributed by atoms with E-state index >= 15 is 0 Å². The molecule has 1 aromatic rings. The molecule has 1 saturated carbocycles. The van der Waals surface area contributed by atoms with E-state index in [2.05, 4.69) is 33.2 Å². The minimum Gasteiger partial charge on any atom is -0.314 e. The number of nitrogens with zero attached hydrogens (tertiary/aromatic N) is 2. The average molecular weight is 300 g/mol. The van der Waals surface area contributed by atoms with E-state index in [0.29, 0.717) is 16.9 Å². The number of nitrogens with one attached hydrogen (secondary N) is 1. The molecule has 0 saturated heterocycles. The maximum Gasteiger partial charge on any atom is 0.267 e. The van der Waals surface area contributed by atoms with Crippen LogP contribution in [0.5, 0.6) is 0 Å². The summed E-state index contributed by atoms with van der Waals surface area (Å²) in [5, 5.41) is 3.47. The standard InChI is InChI=1S/C12H18BrN3O/c1-8(5-14-10-3-4-10)6-16-7-15-9(2)11(13)12(16)17/h7-8,10,14H,3-6H2,1-2H3. The van der Waals surface area contributed by atoms with Crippen LogP contribution in [0.3, 0.4) is 0 Å². The van der Waals surface area contributed by atoms with Gasteiger partial charge >= 0.3 is 0 Å². The van der Waals surface area contributed by atoms with E-state index in [1.54, 1.807) is 10.9 Å². The third-order valence-corrected chi connectivity index (χ3v) is 3.91. The van der Waals surface area contributed by atoms with E-state index < -0.39 is 0 Å². The van der Waals surface area contributed by atoms with Crippen molar-refractivity contribution in [3.8, 4) is 0 Å². The van der Waals surface area contributed by atoms with Gasteiger partial charge in [-0.25, -0.2) is 4.98 Å². The largest absolute Gasteiger partial charge is 0.314 e. The minimum absolute atomic E-state index is 0.00997. The Balaban J connectivity index is 1.97. The Kier molecular flexibility index (Phi) is 3.99. The summed E-state index contributed by atoms with van der Waals surface area (Å²) in [5.74, 6) is 0.435. The van der Waals surface area contributed by atoms with Crippen LogP contribution in [0.4, 0.5) is 0 Å². The molecule has 1 aliphatic rings. The maximum atomic E-state index is 11.9. The van der Waals surface area contributed by atoms with Gasteiger partial charge in [-0.05, 0) is 48.2 Å². The van der Waals surface area contributed by atoms with E-state index in [4.69, 9.17) is 0 Å². The Morgan fingerprint density at radius 2 is 2.35 bits per heavy atom. The van der Waals surface area contributed by atoms with E-state index in [1.165, 1.54) is 12.8 Å². The van der Waals surface area contributed by atoms with Gasteiger partial charge in [0.05, 0.1) is 12.0 Å². The van der Waals surface area contributed by atoms with Gasteiger partial charge in [-0.2, -0.15) is 0 Å². The van der Waals surface area contributed by atoms with Gasteiger partial charge in [-0.1, -0.05) is 6.92 Å². The van der Waals surface area contributed by atoms with Crippen LogP contribution >= 0.6 is 15.9 Å². The molecule has 2 rings (SSSR count). The highest BCUT2D eigenvalue weighted by Gasteiger charge is 2.21. The monoisotopic (exact) mass is 299 g/mol. The molecule has 1 unspecified atom stereocenters. The second-order valence-electron chi connectivity index (χ2n) is 4.89. The second-order valence-corrected chi connectivity index (χ2v) is 5.68. The fraction of sp³-hybridized carbons (Fsp3) is 0.667.